The molecule has 2 N–H and O–H groups in total. The summed E-state index contributed by atoms with van der Waals surface area (Å²) in [6.07, 6.45) is 3.83. The highest BCUT2D eigenvalue weighted by Crippen LogP contribution is 2.28. The molecule has 3 aromatic carbocycles. The lowest BCUT2D eigenvalue weighted by Crippen LogP contribution is -2.49. The van der Waals surface area contributed by atoms with Crippen LogP contribution in [0.5, 0.6) is 0 Å². The van der Waals surface area contributed by atoms with Crippen LogP contribution in [0, 0.1) is 0 Å². The molecule has 1 aliphatic rings. The second-order valence-electron chi connectivity index (χ2n) is 8.51. The fourth-order valence-electron chi connectivity index (χ4n) is 3.99. The van der Waals surface area contributed by atoms with Gasteiger partial charge in [0.1, 0.15) is 0 Å². The number of carbonyl (C=O) groups is 2. The van der Waals surface area contributed by atoms with Crippen LogP contribution in [0.15, 0.2) is 77.9 Å². The third kappa shape index (κ3) is 6.39. The number of rotatable bonds is 5. The monoisotopic (exact) mass is 558 g/mol. The molecule has 1 unspecified atom stereocenters. The molecule has 4 nitrogen and oxygen atoms in total. The van der Waals surface area contributed by atoms with Gasteiger partial charge in [0.15, 0.2) is 5.78 Å². The van der Waals surface area contributed by atoms with Gasteiger partial charge in [0.2, 0.25) is 5.91 Å². The third-order valence-corrected chi connectivity index (χ3v) is 7.28. The SMILES string of the molecule is NC(Cc1ccccc1)C(=O)N1C/C(=C\c2ccc(Cl)c(Cl)c2)C(=O)/C(=C/c2ccc(Cl)c(Cl)c2)C1. The van der Waals surface area contributed by atoms with Crippen molar-refractivity contribution in [3.63, 3.8) is 0 Å². The van der Waals surface area contributed by atoms with Crippen LogP contribution in [-0.4, -0.2) is 35.7 Å². The molecule has 8 heteroatoms. The van der Waals surface area contributed by atoms with Crippen LogP contribution in [-0.2, 0) is 16.0 Å². The van der Waals surface area contributed by atoms with Crippen molar-refractivity contribution in [2.24, 2.45) is 5.73 Å². The maximum atomic E-state index is 13.4. The van der Waals surface area contributed by atoms with E-state index in [1.54, 1.807) is 53.5 Å². The lowest BCUT2D eigenvalue weighted by molar-refractivity contribution is -0.132. The molecule has 1 amide bonds. The van der Waals surface area contributed by atoms with E-state index in [0.29, 0.717) is 48.8 Å². The standard InChI is InChI=1S/C28H22Cl4N2O2/c29-22-8-6-18(12-24(22)31)10-20-15-34(28(36)26(33)14-17-4-2-1-3-5-17)16-21(27(20)35)11-19-7-9-23(30)25(32)13-19/h1-13,26H,14-16,33H2/b20-10+,21-11+. The molecule has 0 bridgehead atoms. The second kappa shape index (κ2) is 11.6. The summed E-state index contributed by atoms with van der Waals surface area (Å²) in [5.41, 5.74) is 9.54. The minimum Gasteiger partial charge on any atom is -0.332 e. The van der Waals surface area contributed by atoms with Gasteiger partial charge in [-0.15, -0.1) is 0 Å². The predicted octanol–water partition coefficient (Wildman–Crippen LogP) is 6.75. The van der Waals surface area contributed by atoms with Crippen molar-refractivity contribution >= 4 is 70.2 Å². The fourth-order valence-corrected chi connectivity index (χ4v) is 4.60. The molecule has 36 heavy (non-hydrogen) atoms. The molecular weight excluding hydrogens is 538 g/mol. The maximum absolute atomic E-state index is 13.4. The Kier molecular flexibility index (Phi) is 8.55. The first-order valence-corrected chi connectivity index (χ1v) is 12.7. The van der Waals surface area contributed by atoms with Crippen molar-refractivity contribution in [1.82, 2.24) is 4.90 Å². The highest BCUT2D eigenvalue weighted by atomic mass is 35.5. The molecular formula is C28H22Cl4N2O2. The van der Waals surface area contributed by atoms with Crippen molar-refractivity contribution in [2.45, 2.75) is 12.5 Å². The van der Waals surface area contributed by atoms with Crippen LogP contribution in [0.4, 0.5) is 0 Å². The number of halogens is 4. The van der Waals surface area contributed by atoms with Gasteiger partial charge in [0.05, 0.1) is 26.1 Å². The minimum atomic E-state index is -0.752. The van der Waals surface area contributed by atoms with E-state index < -0.39 is 6.04 Å². The van der Waals surface area contributed by atoms with E-state index in [9.17, 15) is 9.59 Å². The van der Waals surface area contributed by atoms with Crippen molar-refractivity contribution in [3.05, 3.63) is 115 Å². The summed E-state index contributed by atoms with van der Waals surface area (Å²) in [5, 5.41) is 1.58. The number of amides is 1. The summed E-state index contributed by atoms with van der Waals surface area (Å²) < 4.78 is 0. The van der Waals surface area contributed by atoms with Crippen LogP contribution in [0.2, 0.25) is 20.1 Å². The number of hydrogen-bond donors (Lipinski definition) is 1. The van der Waals surface area contributed by atoms with Crippen LogP contribution < -0.4 is 5.73 Å². The van der Waals surface area contributed by atoms with Gasteiger partial charge in [-0.1, -0.05) is 88.9 Å². The highest BCUT2D eigenvalue weighted by Gasteiger charge is 2.31. The smallest absolute Gasteiger partial charge is 0.240 e. The molecule has 4 rings (SSSR count). The van der Waals surface area contributed by atoms with E-state index >= 15 is 0 Å². The molecule has 1 atom stereocenters. The Bertz CT molecular complexity index is 1300. The average molecular weight is 560 g/mol. The molecule has 3 aromatic rings. The molecule has 0 aromatic heterocycles. The topological polar surface area (TPSA) is 63.4 Å². The van der Waals surface area contributed by atoms with E-state index in [0.717, 1.165) is 5.56 Å². The fraction of sp³-hybridized carbons (Fsp3) is 0.143. The Morgan fingerprint density at radius 2 is 1.31 bits per heavy atom. The maximum Gasteiger partial charge on any atom is 0.240 e. The van der Waals surface area contributed by atoms with Crippen LogP contribution in [0.1, 0.15) is 16.7 Å². The predicted molar refractivity (Wildman–Crippen MR) is 149 cm³/mol. The number of hydrogen-bond acceptors (Lipinski definition) is 3. The molecule has 1 fully saturated rings. The van der Waals surface area contributed by atoms with E-state index in [-0.39, 0.29) is 24.8 Å². The van der Waals surface area contributed by atoms with Gasteiger partial charge in [0.25, 0.3) is 0 Å². The molecule has 0 spiro atoms. The summed E-state index contributed by atoms with van der Waals surface area (Å²) in [4.78, 5) is 28.4. The van der Waals surface area contributed by atoms with Gasteiger partial charge in [-0.2, -0.15) is 0 Å². The van der Waals surface area contributed by atoms with E-state index in [1.807, 2.05) is 30.3 Å². The van der Waals surface area contributed by atoms with Crippen molar-refractivity contribution in [2.75, 3.05) is 13.1 Å². The van der Waals surface area contributed by atoms with E-state index in [4.69, 9.17) is 52.1 Å². The van der Waals surface area contributed by atoms with E-state index in [1.165, 1.54) is 0 Å². The summed E-state index contributed by atoms with van der Waals surface area (Å²) in [6.45, 7) is 0.248. The third-order valence-electron chi connectivity index (χ3n) is 5.80. The number of likely N-dealkylation sites (tertiary alicyclic amines) is 1. The van der Waals surface area contributed by atoms with Crippen LogP contribution in [0.3, 0.4) is 0 Å². The number of piperidine rings is 1. The van der Waals surface area contributed by atoms with Crippen molar-refractivity contribution < 1.29 is 9.59 Å². The first kappa shape index (κ1) is 26.5. The molecule has 1 saturated heterocycles. The Balaban J connectivity index is 1.68. The summed E-state index contributed by atoms with van der Waals surface area (Å²) >= 11 is 24.4. The van der Waals surface area contributed by atoms with Gasteiger partial charge in [-0.3, -0.25) is 9.59 Å². The first-order valence-electron chi connectivity index (χ1n) is 11.2. The number of nitrogens with zero attached hydrogens (tertiary/aromatic N) is 1. The first-order chi connectivity index (χ1) is 17.2. The summed E-state index contributed by atoms with van der Waals surface area (Å²) in [5.74, 6) is -0.417. The normalized spacial score (nSPS) is 17.0. The zero-order valence-electron chi connectivity index (χ0n) is 19.1. The van der Waals surface area contributed by atoms with Gasteiger partial charge in [-0.05, 0) is 59.5 Å². The Morgan fingerprint density at radius 1 is 0.806 bits per heavy atom. The quantitative estimate of drug-likeness (QED) is 0.352. The largest absolute Gasteiger partial charge is 0.332 e. The zero-order valence-corrected chi connectivity index (χ0v) is 22.1. The molecule has 1 aliphatic heterocycles. The van der Waals surface area contributed by atoms with Crippen LogP contribution in [0.25, 0.3) is 12.2 Å². The summed E-state index contributed by atoms with van der Waals surface area (Å²) in [6, 6.07) is 19.0. The highest BCUT2D eigenvalue weighted by molar-refractivity contribution is 6.42. The lowest BCUT2D eigenvalue weighted by atomic mass is 9.93. The van der Waals surface area contributed by atoms with Crippen molar-refractivity contribution in [1.29, 1.82) is 0 Å². The van der Waals surface area contributed by atoms with Crippen LogP contribution >= 0.6 is 46.4 Å². The molecule has 0 aliphatic carbocycles. The van der Waals surface area contributed by atoms with E-state index in [2.05, 4.69) is 0 Å². The molecule has 184 valence electrons. The lowest BCUT2D eigenvalue weighted by Gasteiger charge is -2.32. The van der Waals surface area contributed by atoms with Gasteiger partial charge < -0.3 is 10.6 Å². The van der Waals surface area contributed by atoms with Crippen molar-refractivity contribution in [3.8, 4) is 0 Å². The number of nitrogens with two attached hydrogens (primary N) is 1. The van der Waals surface area contributed by atoms with Gasteiger partial charge in [0, 0.05) is 24.2 Å². The van der Waals surface area contributed by atoms with Gasteiger partial charge in [-0.25, -0.2) is 0 Å². The Hall–Kier alpha value is -2.60. The molecule has 1 heterocycles. The summed E-state index contributed by atoms with van der Waals surface area (Å²) in [7, 11) is 0. The number of Topliss-reactive ketones (excluding diaryl/α,β-unsaturated/α-hetero) is 1. The Morgan fingerprint density at radius 3 is 1.78 bits per heavy atom. The average Bonchev–Trinajstić information content (AvgIpc) is 2.86. The molecule has 0 saturated carbocycles. The molecule has 0 radical (unpaired) electrons. The minimum absolute atomic E-state index is 0.124. The Labute approximate surface area is 229 Å². The zero-order chi connectivity index (χ0) is 25.8. The second-order valence-corrected chi connectivity index (χ2v) is 10.1. The number of ketones is 1. The number of carbonyl (C=O) groups excluding carboxylic acids is 2. The van der Waals surface area contributed by atoms with Gasteiger partial charge >= 0.3 is 0 Å². The number of benzene rings is 3.